The fraction of sp³-hybridized carbons (Fsp3) is 0.0213. The molecule has 5 heteroatoms. The van der Waals surface area contributed by atoms with E-state index in [2.05, 4.69) is 97.1 Å². The number of ether oxygens (including phenoxy) is 1. The second kappa shape index (κ2) is 11.7. The molecule has 1 aliphatic carbocycles. The highest BCUT2D eigenvalue weighted by atomic mass is 16.5. The summed E-state index contributed by atoms with van der Waals surface area (Å²) in [7, 11) is 0. The summed E-state index contributed by atoms with van der Waals surface area (Å²) in [6.45, 7) is 0. The average Bonchev–Trinajstić information content (AvgIpc) is 3.52. The highest BCUT2D eigenvalue weighted by molar-refractivity contribution is 5.89. The van der Waals surface area contributed by atoms with Crippen LogP contribution in [0, 0.1) is 11.3 Å². The van der Waals surface area contributed by atoms with Gasteiger partial charge in [0, 0.05) is 27.8 Å². The van der Waals surface area contributed by atoms with Crippen LogP contribution in [-0.2, 0) is 5.41 Å². The minimum Gasteiger partial charge on any atom is -0.455 e. The molecule has 0 radical (unpaired) electrons. The second-order valence-corrected chi connectivity index (χ2v) is 13.1. The van der Waals surface area contributed by atoms with E-state index in [0.717, 1.165) is 44.7 Å². The van der Waals surface area contributed by atoms with Crippen LogP contribution in [0.5, 0.6) is 11.5 Å². The first-order valence-electron chi connectivity index (χ1n) is 17.3. The van der Waals surface area contributed by atoms with Gasteiger partial charge in [-0.15, -0.1) is 0 Å². The lowest BCUT2D eigenvalue weighted by Gasteiger charge is -2.39. The zero-order valence-electron chi connectivity index (χ0n) is 27.9. The predicted molar refractivity (Wildman–Crippen MR) is 204 cm³/mol. The van der Waals surface area contributed by atoms with Gasteiger partial charge in [0.15, 0.2) is 17.5 Å². The molecule has 0 fully saturated rings. The topological polar surface area (TPSA) is 71.7 Å². The van der Waals surface area contributed by atoms with E-state index in [1.807, 2.05) is 78.9 Å². The summed E-state index contributed by atoms with van der Waals surface area (Å²) in [5, 5.41) is 10.2. The van der Waals surface area contributed by atoms with Crippen LogP contribution in [0.3, 0.4) is 0 Å². The zero-order chi connectivity index (χ0) is 34.6. The molecule has 0 saturated carbocycles. The summed E-state index contributed by atoms with van der Waals surface area (Å²) in [6, 6.07) is 60.4. The summed E-state index contributed by atoms with van der Waals surface area (Å²) in [5.74, 6) is 3.23. The highest BCUT2D eigenvalue weighted by Gasteiger charge is 2.51. The molecule has 52 heavy (non-hydrogen) atoms. The number of nitriles is 1. The van der Waals surface area contributed by atoms with Crippen molar-refractivity contribution in [2.45, 2.75) is 5.41 Å². The predicted octanol–water partition coefficient (Wildman–Crippen LogP) is 10.9. The van der Waals surface area contributed by atoms with Crippen molar-refractivity contribution >= 4 is 0 Å². The van der Waals surface area contributed by atoms with E-state index in [-0.39, 0.29) is 0 Å². The van der Waals surface area contributed by atoms with E-state index in [1.165, 1.54) is 22.3 Å². The van der Waals surface area contributed by atoms with Gasteiger partial charge in [-0.3, -0.25) is 0 Å². The molecule has 0 bridgehead atoms. The van der Waals surface area contributed by atoms with Crippen molar-refractivity contribution in [3.05, 3.63) is 198 Å². The van der Waals surface area contributed by atoms with Crippen LogP contribution < -0.4 is 4.74 Å². The molecule has 1 aromatic heterocycles. The van der Waals surface area contributed by atoms with Crippen molar-refractivity contribution in [1.29, 1.82) is 5.26 Å². The maximum Gasteiger partial charge on any atom is 0.164 e. The van der Waals surface area contributed by atoms with Gasteiger partial charge in [0.05, 0.1) is 11.0 Å². The Labute approximate surface area is 301 Å². The third-order valence-corrected chi connectivity index (χ3v) is 10.3. The monoisotopic (exact) mass is 664 g/mol. The first kappa shape index (κ1) is 29.7. The Morgan fingerprint density at radius 2 is 0.904 bits per heavy atom. The molecule has 5 nitrogen and oxygen atoms in total. The molecule has 2 aliphatic rings. The molecule has 242 valence electrons. The Bertz CT molecular complexity index is 2610. The minimum absolute atomic E-state index is 0.522. The highest BCUT2D eigenvalue weighted by Crippen LogP contribution is 2.62. The number of fused-ring (bicyclic) bond motifs is 9. The first-order chi connectivity index (χ1) is 25.7. The lowest BCUT2D eigenvalue weighted by atomic mass is 9.65. The molecular formula is C47H28N4O. The number of hydrogen-bond acceptors (Lipinski definition) is 5. The van der Waals surface area contributed by atoms with E-state index >= 15 is 0 Å². The molecule has 2 heterocycles. The normalized spacial score (nSPS) is 12.9. The van der Waals surface area contributed by atoms with E-state index in [0.29, 0.717) is 28.8 Å². The maximum absolute atomic E-state index is 10.2. The van der Waals surface area contributed by atoms with Gasteiger partial charge >= 0.3 is 0 Å². The Morgan fingerprint density at radius 1 is 0.423 bits per heavy atom. The Hall–Kier alpha value is -7.16. The molecule has 1 spiro atoms. The van der Waals surface area contributed by atoms with Gasteiger partial charge in [-0.25, -0.2) is 15.0 Å². The average molecular weight is 665 g/mol. The van der Waals surface area contributed by atoms with Gasteiger partial charge in [-0.1, -0.05) is 152 Å². The number of para-hydroxylation sites is 1. The largest absolute Gasteiger partial charge is 0.455 e. The van der Waals surface area contributed by atoms with Crippen molar-refractivity contribution in [1.82, 2.24) is 15.0 Å². The van der Waals surface area contributed by atoms with Crippen molar-refractivity contribution < 1.29 is 4.74 Å². The molecule has 7 aromatic carbocycles. The van der Waals surface area contributed by atoms with Crippen LogP contribution in [0.1, 0.15) is 27.8 Å². The lowest BCUT2D eigenvalue weighted by molar-refractivity contribution is 0.435. The second-order valence-electron chi connectivity index (χ2n) is 13.1. The smallest absolute Gasteiger partial charge is 0.164 e. The summed E-state index contributed by atoms with van der Waals surface area (Å²) < 4.78 is 6.63. The quantitative estimate of drug-likeness (QED) is 0.187. The SMILES string of the molecule is N#Cc1cccc2c1Oc1ccc(-c3ccc(-c4nc(-c5ccccc5)nc(-c5ccccc5)n4)cc3)cc1C21c2ccccc2-c2ccccc21. The van der Waals surface area contributed by atoms with Gasteiger partial charge in [0.2, 0.25) is 0 Å². The fourth-order valence-corrected chi connectivity index (χ4v) is 7.94. The Kier molecular flexibility index (Phi) is 6.70. The third-order valence-electron chi connectivity index (χ3n) is 10.3. The summed E-state index contributed by atoms with van der Waals surface area (Å²) in [5.41, 5.74) is 11.5. The van der Waals surface area contributed by atoms with Gasteiger partial charge in [-0.2, -0.15) is 5.26 Å². The summed E-state index contributed by atoms with van der Waals surface area (Å²) in [4.78, 5) is 14.7. The van der Waals surface area contributed by atoms with E-state index in [4.69, 9.17) is 19.7 Å². The molecule has 0 N–H and O–H groups in total. The van der Waals surface area contributed by atoms with Crippen LogP contribution in [0.2, 0.25) is 0 Å². The summed E-state index contributed by atoms with van der Waals surface area (Å²) >= 11 is 0. The molecular weight excluding hydrogens is 637 g/mol. The molecule has 0 saturated heterocycles. The number of nitrogens with zero attached hydrogens (tertiary/aromatic N) is 4. The van der Waals surface area contributed by atoms with Crippen LogP contribution in [0.15, 0.2) is 170 Å². The zero-order valence-corrected chi connectivity index (χ0v) is 27.9. The third kappa shape index (κ3) is 4.45. The van der Waals surface area contributed by atoms with Crippen molar-refractivity contribution in [3.8, 4) is 74.0 Å². The fourth-order valence-electron chi connectivity index (χ4n) is 7.94. The van der Waals surface area contributed by atoms with Gasteiger partial charge in [-0.05, 0) is 51.6 Å². The van der Waals surface area contributed by atoms with E-state index in [9.17, 15) is 5.26 Å². The molecule has 0 amide bonds. The van der Waals surface area contributed by atoms with E-state index in [1.54, 1.807) is 0 Å². The molecule has 0 unspecified atom stereocenters. The maximum atomic E-state index is 10.2. The van der Waals surface area contributed by atoms with Crippen LogP contribution in [-0.4, -0.2) is 15.0 Å². The van der Waals surface area contributed by atoms with Gasteiger partial charge in [0.1, 0.15) is 17.6 Å². The number of benzene rings is 7. The number of aromatic nitrogens is 3. The van der Waals surface area contributed by atoms with E-state index < -0.39 is 5.41 Å². The van der Waals surface area contributed by atoms with Crippen LogP contribution in [0.25, 0.3) is 56.4 Å². The molecule has 10 rings (SSSR count). The van der Waals surface area contributed by atoms with Gasteiger partial charge in [0.25, 0.3) is 0 Å². The van der Waals surface area contributed by atoms with Crippen LogP contribution >= 0.6 is 0 Å². The standard InChI is InChI=1S/C47H28N4O/c48-29-35-16-11-21-40-43(35)52-42-27-26-34(28-41(42)47(40)38-19-9-7-17-36(38)37-18-8-10-20-39(37)47)30-22-24-33(25-23-30)46-50-44(31-12-3-1-4-13-31)49-45(51-46)32-14-5-2-6-15-32/h1-28H. The first-order valence-corrected chi connectivity index (χ1v) is 17.3. The number of rotatable bonds is 4. The Morgan fingerprint density at radius 3 is 1.48 bits per heavy atom. The number of hydrogen-bond donors (Lipinski definition) is 0. The van der Waals surface area contributed by atoms with Crippen molar-refractivity contribution in [3.63, 3.8) is 0 Å². The van der Waals surface area contributed by atoms with Crippen LogP contribution in [0.4, 0.5) is 0 Å². The Balaban J connectivity index is 1.12. The van der Waals surface area contributed by atoms with Gasteiger partial charge < -0.3 is 4.74 Å². The van der Waals surface area contributed by atoms with Crippen molar-refractivity contribution in [2.24, 2.45) is 0 Å². The molecule has 0 atom stereocenters. The lowest BCUT2D eigenvalue weighted by Crippen LogP contribution is -2.32. The minimum atomic E-state index is -0.661. The molecule has 1 aliphatic heterocycles. The summed E-state index contributed by atoms with van der Waals surface area (Å²) in [6.07, 6.45) is 0. The van der Waals surface area contributed by atoms with Crippen molar-refractivity contribution in [2.75, 3.05) is 0 Å². The molecule has 8 aromatic rings.